The summed E-state index contributed by atoms with van der Waals surface area (Å²) in [5.41, 5.74) is 13.1. The zero-order valence-corrected chi connectivity index (χ0v) is 9.23. The molecule has 0 unspecified atom stereocenters. The molecule has 0 fully saturated rings. The van der Waals surface area contributed by atoms with Gasteiger partial charge in [0, 0.05) is 11.3 Å². The Kier molecular flexibility index (Phi) is 3.62. The summed E-state index contributed by atoms with van der Waals surface area (Å²) in [4.78, 5) is 11.0. The average Bonchev–Trinajstić information content (AvgIpc) is 2.15. The fourth-order valence-electron chi connectivity index (χ4n) is 1.28. The van der Waals surface area contributed by atoms with Gasteiger partial charge in [0.25, 0.3) is 0 Å². The average molecular weight is 223 g/mol. The quantitative estimate of drug-likeness (QED) is 0.650. The van der Waals surface area contributed by atoms with E-state index >= 15 is 0 Å². The van der Waals surface area contributed by atoms with Crippen LogP contribution in [0.25, 0.3) is 0 Å². The molecule has 0 spiro atoms. The fourth-order valence-corrected chi connectivity index (χ4v) is 1.45. The maximum atomic E-state index is 10.7. The highest BCUT2D eigenvalue weighted by Gasteiger charge is 2.07. The molecular weight excluding hydrogens is 210 g/mol. The lowest BCUT2D eigenvalue weighted by Crippen LogP contribution is -2.24. The molecule has 0 aromatic heterocycles. The first kappa shape index (κ1) is 11.5. The summed E-state index contributed by atoms with van der Waals surface area (Å²) in [6, 6.07) is 5.57. The van der Waals surface area contributed by atoms with E-state index in [1.54, 1.807) is 6.07 Å². The smallest absolute Gasteiger partial charge is 0.236 e. The molecule has 0 aliphatic rings. The summed E-state index contributed by atoms with van der Waals surface area (Å²) >= 11 is 4.91. The lowest BCUT2D eigenvalue weighted by Gasteiger charge is -2.12. The van der Waals surface area contributed by atoms with Crippen LogP contribution >= 0.6 is 12.2 Å². The number of para-hydroxylation sites is 1. The third kappa shape index (κ3) is 2.92. The molecule has 0 saturated carbocycles. The molecule has 0 atom stereocenters. The summed E-state index contributed by atoms with van der Waals surface area (Å²) in [5.74, 6) is -0.424. The molecule has 0 aliphatic carbocycles. The van der Waals surface area contributed by atoms with Crippen molar-refractivity contribution in [3.63, 3.8) is 0 Å². The molecule has 1 aromatic rings. The molecule has 5 N–H and O–H groups in total. The number of aryl methyl sites for hydroxylation is 1. The van der Waals surface area contributed by atoms with Gasteiger partial charge < -0.3 is 16.8 Å². The molecule has 4 nitrogen and oxygen atoms in total. The zero-order valence-electron chi connectivity index (χ0n) is 8.41. The van der Waals surface area contributed by atoms with Crippen molar-refractivity contribution in [2.24, 2.45) is 11.5 Å². The normalized spacial score (nSPS) is 9.67. The number of hydrogen-bond acceptors (Lipinski definition) is 3. The van der Waals surface area contributed by atoms with Gasteiger partial charge in [-0.05, 0) is 18.6 Å². The lowest BCUT2D eigenvalue weighted by atomic mass is 10.1. The maximum absolute atomic E-state index is 10.7. The number of thiocarbonyl (C=S) groups is 1. The molecule has 5 heteroatoms. The molecule has 0 saturated heterocycles. The van der Waals surface area contributed by atoms with Crippen LogP contribution in [-0.4, -0.2) is 17.4 Å². The van der Waals surface area contributed by atoms with E-state index in [9.17, 15) is 4.79 Å². The summed E-state index contributed by atoms with van der Waals surface area (Å²) in [5, 5.41) is 2.92. The summed E-state index contributed by atoms with van der Waals surface area (Å²) in [6.45, 7) is 1.98. The van der Waals surface area contributed by atoms with E-state index in [-0.39, 0.29) is 6.54 Å². The first-order chi connectivity index (χ1) is 7.02. The number of hydrogen-bond donors (Lipinski definition) is 3. The molecule has 0 aliphatic heterocycles. The predicted octanol–water partition coefficient (Wildman–Crippen LogP) is 0.526. The van der Waals surface area contributed by atoms with Crippen molar-refractivity contribution in [1.82, 2.24) is 0 Å². The van der Waals surface area contributed by atoms with Crippen LogP contribution < -0.4 is 16.8 Å². The summed E-state index contributed by atoms with van der Waals surface area (Å²) in [7, 11) is 0. The minimum absolute atomic E-state index is 0.0699. The van der Waals surface area contributed by atoms with Crippen LogP contribution in [0, 0.1) is 6.92 Å². The Morgan fingerprint density at radius 1 is 1.47 bits per heavy atom. The van der Waals surface area contributed by atoms with Gasteiger partial charge in [-0.15, -0.1) is 0 Å². The van der Waals surface area contributed by atoms with Gasteiger partial charge in [0.2, 0.25) is 5.91 Å². The number of primary amides is 1. The van der Waals surface area contributed by atoms with Gasteiger partial charge in [-0.3, -0.25) is 4.79 Å². The van der Waals surface area contributed by atoms with E-state index in [2.05, 4.69) is 5.32 Å². The topological polar surface area (TPSA) is 81.1 Å². The highest BCUT2D eigenvalue weighted by atomic mass is 32.1. The van der Waals surface area contributed by atoms with Gasteiger partial charge in [0.05, 0.1) is 6.54 Å². The molecule has 1 rings (SSSR count). The number of anilines is 1. The van der Waals surface area contributed by atoms with Crippen molar-refractivity contribution in [1.29, 1.82) is 0 Å². The highest BCUT2D eigenvalue weighted by molar-refractivity contribution is 7.80. The Labute approximate surface area is 93.6 Å². The zero-order chi connectivity index (χ0) is 11.4. The number of benzene rings is 1. The molecule has 15 heavy (non-hydrogen) atoms. The van der Waals surface area contributed by atoms with Gasteiger partial charge in [0.1, 0.15) is 4.99 Å². The predicted molar refractivity (Wildman–Crippen MR) is 64.8 cm³/mol. The second-order valence-electron chi connectivity index (χ2n) is 3.18. The van der Waals surface area contributed by atoms with E-state index in [0.29, 0.717) is 4.99 Å². The van der Waals surface area contributed by atoms with Gasteiger partial charge in [-0.25, -0.2) is 0 Å². The monoisotopic (exact) mass is 223 g/mol. The van der Waals surface area contributed by atoms with Crippen LogP contribution in [0.5, 0.6) is 0 Å². The standard InChI is InChI=1S/C10H13N3OS/c1-6-3-2-4-7(10(12)15)9(6)13-5-8(11)14/h2-4,13H,5H2,1H3,(H2,11,14)(H2,12,15). The van der Waals surface area contributed by atoms with Gasteiger partial charge in [-0.2, -0.15) is 0 Å². The van der Waals surface area contributed by atoms with Crippen molar-refractivity contribution in [2.75, 3.05) is 11.9 Å². The van der Waals surface area contributed by atoms with Gasteiger partial charge in [-0.1, -0.05) is 24.4 Å². The fraction of sp³-hybridized carbons (Fsp3) is 0.200. The Bertz CT molecular complexity index is 404. The number of carbonyl (C=O) groups is 1. The summed E-state index contributed by atoms with van der Waals surface area (Å²) < 4.78 is 0. The third-order valence-electron chi connectivity index (χ3n) is 1.98. The van der Waals surface area contributed by atoms with Gasteiger partial charge in [0.15, 0.2) is 0 Å². The highest BCUT2D eigenvalue weighted by Crippen LogP contribution is 2.19. The minimum atomic E-state index is -0.424. The Morgan fingerprint density at radius 3 is 2.67 bits per heavy atom. The molecule has 0 heterocycles. The number of rotatable bonds is 4. The van der Waals surface area contributed by atoms with E-state index in [1.165, 1.54) is 0 Å². The van der Waals surface area contributed by atoms with Crippen molar-refractivity contribution in [3.8, 4) is 0 Å². The minimum Gasteiger partial charge on any atom is -0.389 e. The van der Waals surface area contributed by atoms with E-state index in [0.717, 1.165) is 16.8 Å². The molecular formula is C10H13N3OS. The number of amides is 1. The van der Waals surface area contributed by atoms with Gasteiger partial charge >= 0.3 is 0 Å². The van der Waals surface area contributed by atoms with Crippen LogP contribution in [0.15, 0.2) is 18.2 Å². The second-order valence-corrected chi connectivity index (χ2v) is 3.62. The molecule has 80 valence electrons. The van der Waals surface area contributed by atoms with Crippen LogP contribution in [-0.2, 0) is 4.79 Å². The summed E-state index contributed by atoms with van der Waals surface area (Å²) in [6.07, 6.45) is 0. The number of nitrogens with one attached hydrogen (secondary N) is 1. The molecule has 0 radical (unpaired) electrons. The van der Waals surface area contributed by atoms with Crippen LogP contribution in [0.4, 0.5) is 5.69 Å². The third-order valence-corrected chi connectivity index (χ3v) is 2.20. The number of nitrogens with two attached hydrogens (primary N) is 2. The second kappa shape index (κ2) is 4.75. The largest absolute Gasteiger partial charge is 0.389 e. The number of carbonyl (C=O) groups excluding carboxylic acids is 1. The molecule has 1 amide bonds. The van der Waals surface area contributed by atoms with E-state index in [1.807, 2.05) is 19.1 Å². The molecule has 1 aromatic carbocycles. The maximum Gasteiger partial charge on any atom is 0.236 e. The van der Waals surface area contributed by atoms with E-state index < -0.39 is 5.91 Å². The SMILES string of the molecule is Cc1cccc(C(N)=S)c1NCC(N)=O. The van der Waals surface area contributed by atoms with Crippen LogP contribution in [0.3, 0.4) is 0 Å². The van der Waals surface area contributed by atoms with Crippen molar-refractivity contribution in [3.05, 3.63) is 29.3 Å². The van der Waals surface area contributed by atoms with Crippen molar-refractivity contribution in [2.45, 2.75) is 6.92 Å². The Morgan fingerprint density at radius 2 is 2.13 bits per heavy atom. The lowest BCUT2D eigenvalue weighted by molar-refractivity contribution is -0.116. The first-order valence-electron chi connectivity index (χ1n) is 4.44. The Balaban J connectivity index is 3.02. The van der Waals surface area contributed by atoms with Crippen molar-refractivity contribution >= 4 is 28.8 Å². The van der Waals surface area contributed by atoms with Crippen molar-refractivity contribution < 1.29 is 4.79 Å². The molecule has 0 bridgehead atoms. The first-order valence-corrected chi connectivity index (χ1v) is 4.84. The Hall–Kier alpha value is -1.62. The van der Waals surface area contributed by atoms with Crippen LogP contribution in [0.1, 0.15) is 11.1 Å². The van der Waals surface area contributed by atoms with E-state index in [4.69, 9.17) is 23.7 Å². The van der Waals surface area contributed by atoms with Crippen LogP contribution in [0.2, 0.25) is 0 Å².